The standard InChI is InChI=1S/C14H23NO/c1-15-12-9-7-11(8-10-12)13-5-3-4-6-14(13)16-2/h5-6,11-12,15H,3-4,7-10H2,1-2H3. The van der Waals surface area contributed by atoms with Crippen LogP contribution in [0.3, 0.4) is 0 Å². The molecule has 1 saturated carbocycles. The molecule has 2 rings (SSSR count). The number of rotatable bonds is 3. The highest BCUT2D eigenvalue weighted by molar-refractivity contribution is 5.31. The summed E-state index contributed by atoms with van der Waals surface area (Å²) in [6.45, 7) is 0. The van der Waals surface area contributed by atoms with Gasteiger partial charge in [0, 0.05) is 6.04 Å². The zero-order valence-corrected chi connectivity index (χ0v) is 10.5. The Hall–Kier alpha value is -0.760. The van der Waals surface area contributed by atoms with E-state index in [1.165, 1.54) is 37.7 Å². The van der Waals surface area contributed by atoms with Crippen LogP contribution in [0.15, 0.2) is 23.5 Å². The van der Waals surface area contributed by atoms with E-state index < -0.39 is 0 Å². The van der Waals surface area contributed by atoms with Crippen LogP contribution in [0.2, 0.25) is 0 Å². The van der Waals surface area contributed by atoms with Gasteiger partial charge in [-0.15, -0.1) is 0 Å². The van der Waals surface area contributed by atoms with Crippen molar-refractivity contribution in [3.05, 3.63) is 23.5 Å². The zero-order chi connectivity index (χ0) is 11.4. The van der Waals surface area contributed by atoms with E-state index >= 15 is 0 Å². The maximum absolute atomic E-state index is 5.49. The van der Waals surface area contributed by atoms with E-state index in [0.29, 0.717) is 0 Å². The summed E-state index contributed by atoms with van der Waals surface area (Å²) in [6, 6.07) is 0.732. The quantitative estimate of drug-likeness (QED) is 0.791. The Kier molecular flexibility index (Phi) is 4.05. The molecule has 2 nitrogen and oxygen atoms in total. The van der Waals surface area contributed by atoms with Gasteiger partial charge in [-0.3, -0.25) is 0 Å². The normalized spacial score (nSPS) is 30.6. The van der Waals surface area contributed by atoms with Gasteiger partial charge in [-0.25, -0.2) is 0 Å². The minimum atomic E-state index is 0.732. The molecule has 0 spiro atoms. The van der Waals surface area contributed by atoms with Gasteiger partial charge in [0.15, 0.2) is 0 Å². The lowest BCUT2D eigenvalue weighted by molar-refractivity contribution is 0.268. The molecule has 0 heterocycles. The summed E-state index contributed by atoms with van der Waals surface area (Å²) >= 11 is 0. The topological polar surface area (TPSA) is 21.3 Å². The van der Waals surface area contributed by atoms with Gasteiger partial charge in [-0.1, -0.05) is 6.08 Å². The van der Waals surface area contributed by atoms with E-state index in [4.69, 9.17) is 4.74 Å². The van der Waals surface area contributed by atoms with Crippen molar-refractivity contribution < 1.29 is 4.74 Å². The molecule has 0 aliphatic heterocycles. The summed E-state index contributed by atoms with van der Waals surface area (Å²) < 4.78 is 5.49. The number of nitrogens with one attached hydrogen (secondary N) is 1. The van der Waals surface area contributed by atoms with Crippen LogP contribution < -0.4 is 5.32 Å². The Bertz CT molecular complexity index is 285. The molecule has 0 amide bonds. The molecule has 0 atom stereocenters. The highest BCUT2D eigenvalue weighted by Crippen LogP contribution is 2.35. The molecule has 0 unspecified atom stereocenters. The Morgan fingerprint density at radius 3 is 2.44 bits per heavy atom. The fourth-order valence-corrected chi connectivity index (χ4v) is 2.93. The minimum absolute atomic E-state index is 0.732. The molecule has 2 aliphatic carbocycles. The first-order valence-electron chi connectivity index (χ1n) is 6.47. The van der Waals surface area contributed by atoms with E-state index in [2.05, 4.69) is 24.5 Å². The Balaban J connectivity index is 1.98. The van der Waals surface area contributed by atoms with Crippen molar-refractivity contribution in [2.45, 2.75) is 44.6 Å². The summed E-state index contributed by atoms with van der Waals surface area (Å²) in [5, 5.41) is 3.39. The Morgan fingerprint density at radius 1 is 1.12 bits per heavy atom. The van der Waals surface area contributed by atoms with Crippen molar-refractivity contribution in [2.75, 3.05) is 14.2 Å². The van der Waals surface area contributed by atoms with Crippen LogP contribution >= 0.6 is 0 Å². The molecule has 0 aromatic heterocycles. The highest BCUT2D eigenvalue weighted by atomic mass is 16.5. The minimum Gasteiger partial charge on any atom is -0.497 e. The predicted octanol–water partition coefficient (Wildman–Crippen LogP) is 3.02. The van der Waals surface area contributed by atoms with Crippen LogP contribution in [-0.4, -0.2) is 20.2 Å². The van der Waals surface area contributed by atoms with Crippen molar-refractivity contribution in [3.63, 3.8) is 0 Å². The number of ether oxygens (including phenoxy) is 1. The molecule has 0 saturated heterocycles. The lowest BCUT2D eigenvalue weighted by Crippen LogP contribution is -2.31. The van der Waals surface area contributed by atoms with E-state index in [0.717, 1.165) is 24.1 Å². The van der Waals surface area contributed by atoms with Crippen molar-refractivity contribution >= 4 is 0 Å². The second-order valence-electron chi connectivity index (χ2n) is 4.85. The van der Waals surface area contributed by atoms with Crippen molar-refractivity contribution in [1.29, 1.82) is 0 Å². The van der Waals surface area contributed by atoms with Gasteiger partial charge < -0.3 is 10.1 Å². The first-order chi connectivity index (χ1) is 7.85. The molecule has 0 radical (unpaired) electrons. The van der Waals surface area contributed by atoms with Gasteiger partial charge in [0.2, 0.25) is 0 Å². The van der Waals surface area contributed by atoms with Crippen molar-refractivity contribution in [1.82, 2.24) is 5.32 Å². The van der Waals surface area contributed by atoms with Crippen LogP contribution in [0.4, 0.5) is 0 Å². The average Bonchev–Trinajstić information content (AvgIpc) is 2.39. The molecule has 1 fully saturated rings. The summed E-state index contributed by atoms with van der Waals surface area (Å²) in [5.74, 6) is 1.87. The lowest BCUT2D eigenvalue weighted by atomic mass is 9.79. The van der Waals surface area contributed by atoms with Crippen molar-refractivity contribution in [3.8, 4) is 0 Å². The first-order valence-corrected chi connectivity index (χ1v) is 6.47. The van der Waals surface area contributed by atoms with Crippen LogP contribution in [0.1, 0.15) is 38.5 Å². The molecular weight excluding hydrogens is 198 g/mol. The fraction of sp³-hybridized carbons (Fsp3) is 0.714. The van der Waals surface area contributed by atoms with Gasteiger partial charge in [0.05, 0.1) is 7.11 Å². The van der Waals surface area contributed by atoms with E-state index in [1.807, 2.05) is 0 Å². The van der Waals surface area contributed by atoms with E-state index in [-0.39, 0.29) is 0 Å². The maximum atomic E-state index is 5.49. The van der Waals surface area contributed by atoms with Gasteiger partial charge in [-0.2, -0.15) is 0 Å². The third-order valence-electron chi connectivity index (χ3n) is 3.94. The van der Waals surface area contributed by atoms with Gasteiger partial charge >= 0.3 is 0 Å². The number of hydrogen-bond donors (Lipinski definition) is 1. The predicted molar refractivity (Wildman–Crippen MR) is 67.2 cm³/mol. The maximum Gasteiger partial charge on any atom is 0.118 e. The van der Waals surface area contributed by atoms with Crippen LogP contribution in [0, 0.1) is 5.92 Å². The van der Waals surface area contributed by atoms with Crippen LogP contribution in [-0.2, 0) is 4.74 Å². The van der Waals surface area contributed by atoms with E-state index in [9.17, 15) is 0 Å². The second-order valence-corrected chi connectivity index (χ2v) is 4.85. The fourth-order valence-electron chi connectivity index (χ4n) is 2.93. The van der Waals surface area contributed by atoms with Gasteiger partial charge in [0.1, 0.15) is 5.76 Å². The zero-order valence-electron chi connectivity index (χ0n) is 10.5. The Labute approximate surface area is 98.8 Å². The first kappa shape index (κ1) is 11.7. The third-order valence-corrected chi connectivity index (χ3v) is 3.94. The SMILES string of the molecule is CNC1CCC(C2=CCCC=C2OC)CC1. The molecule has 0 aromatic rings. The number of hydrogen-bond acceptors (Lipinski definition) is 2. The monoisotopic (exact) mass is 221 g/mol. The number of methoxy groups -OCH3 is 1. The molecule has 0 aromatic carbocycles. The summed E-state index contributed by atoms with van der Waals surface area (Å²) in [6.07, 6.45) is 12.2. The Morgan fingerprint density at radius 2 is 1.81 bits per heavy atom. The largest absolute Gasteiger partial charge is 0.497 e. The summed E-state index contributed by atoms with van der Waals surface area (Å²) in [7, 11) is 3.87. The molecule has 90 valence electrons. The second kappa shape index (κ2) is 5.53. The molecule has 16 heavy (non-hydrogen) atoms. The summed E-state index contributed by atoms with van der Waals surface area (Å²) in [5.41, 5.74) is 1.48. The van der Waals surface area contributed by atoms with Gasteiger partial charge in [0.25, 0.3) is 0 Å². The van der Waals surface area contributed by atoms with E-state index in [1.54, 1.807) is 7.11 Å². The molecule has 1 N–H and O–H groups in total. The highest BCUT2D eigenvalue weighted by Gasteiger charge is 2.25. The van der Waals surface area contributed by atoms with Gasteiger partial charge in [-0.05, 0) is 63.1 Å². The lowest BCUT2D eigenvalue weighted by Gasteiger charge is -2.31. The average molecular weight is 221 g/mol. The number of allylic oxidation sites excluding steroid dienone is 3. The smallest absolute Gasteiger partial charge is 0.118 e. The molecular formula is C14H23NO. The molecule has 2 heteroatoms. The van der Waals surface area contributed by atoms with Crippen LogP contribution in [0.25, 0.3) is 0 Å². The summed E-state index contributed by atoms with van der Waals surface area (Å²) in [4.78, 5) is 0. The van der Waals surface area contributed by atoms with Crippen LogP contribution in [0.5, 0.6) is 0 Å². The molecule has 0 bridgehead atoms. The molecule has 2 aliphatic rings. The third kappa shape index (κ3) is 2.49. The van der Waals surface area contributed by atoms with Crippen molar-refractivity contribution in [2.24, 2.45) is 5.92 Å².